The second-order valence-corrected chi connectivity index (χ2v) is 4.98. The van der Waals surface area contributed by atoms with Gasteiger partial charge < -0.3 is 14.9 Å². The van der Waals surface area contributed by atoms with Crippen LogP contribution in [0.25, 0.3) is 11.5 Å². The predicted octanol–water partition coefficient (Wildman–Crippen LogP) is 1.14. The van der Waals surface area contributed by atoms with Gasteiger partial charge in [-0.2, -0.15) is 4.98 Å². The number of hydrogen-bond donors (Lipinski definition) is 2. The summed E-state index contributed by atoms with van der Waals surface area (Å²) >= 11 is 0. The Morgan fingerprint density at radius 1 is 1.42 bits per heavy atom. The minimum Gasteiger partial charge on any atom is -0.392 e. The summed E-state index contributed by atoms with van der Waals surface area (Å²) in [7, 11) is 0. The van der Waals surface area contributed by atoms with Crippen molar-refractivity contribution in [3.05, 3.63) is 29.3 Å². The SMILES string of the molecule is Cc1cnc(-c2noc([C@@H]3CC(O)CN3)n2)c(C)c1. The third kappa shape index (κ3) is 2.36. The predicted molar refractivity (Wildman–Crippen MR) is 68.4 cm³/mol. The van der Waals surface area contributed by atoms with Gasteiger partial charge in [0.2, 0.25) is 11.7 Å². The summed E-state index contributed by atoms with van der Waals surface area (Å²) in [5, 5.41) is 16.6. The third-order valence-corrected chi connectivity index (χ3v) is 3.27. The average molecular weight is 260 g/mol. The number of hydrogen-bond acceptors (Lipinski definition) is 6. The van der Waals surface area contributed by atoms with Crippen LogP contribution in [0.3, 0.4) is 0 Å². The molecule has 1 fully saturated rings. The molecule has 3 rings (SSSR count). The first-order chi connectivity index (χ1) is 9.13. The molecule has 0 spiro atoms. The molecule has 2 aromatic rings. The first kappa shape index (κ1) is 12.3. The van der Waals surface area contributed by atoms with Gasteiger partial charge in [0.05, 0.1) is 12.1 Å². The Labute approximate surface area is 110 Å². The van der Waals surface area contributed by atoms with Gasteiger partial charge in [-0.15, -0.1) is 0 Å². The second kappa shape index (κ2) is 4.71. The Morgan fingerprint density at radius 2 is 2.26 bits per heavy atom. The Balaban J connectivity index is 1.88. The fourth-order valence-electron chi connectivity index (χ4n) is 2.33. The second-order valence-electron chi connectivity index (χ2n) is 4.98. The highest BCUT2D eigenvalue weighted by atomic mass is 16.5. The number of aliphatic hydroxyl groups excluding tert-OH is 1. The highest BCUT2D eigenvalue weighted by molar-refractivity contribution is 5.54. The van der Waals surface area contributed by atoms with Crippen LogP contribution in [0, 0.1) is 13.8 Å². The van der Waals surface area contributed by atoms with Crippen molar-refractivity contribution < 1.29 is 9.63 Å². The van der Waals surface area contributed by atoms with E-state index in [0.717, 1.165) is 16.8 Å². The van der Waals surface area contributed by atoms with Crippen molar-refractivity contribution in [1.29, 1.82) is 0 Å². The Kier molecular flexibility index (Phi) is 3.04. The zero-order chi connectivity index (χ0) is 13.4. The van der Waals surface area contributed by atoms with Gasteiger partial charge in [-0.1, -0.05) is 11.2 Å². The zero-order valence-corrected chi connectivity index (χ0v) is 10.9. The van der Waals surface area contributed by atoms with Gasteiger partial charge in [-0.3, -0.25) is 4.98 Å². The fraction of sp³-hybridized carbons (Fsp3) is 0.462. The third-order valence-electron chi connectivity index (χ3n) is 3.27. The van der Waals surface area contributed by atoms with Crippen molar-refractivity contribution in [1.82, 2.24) is 20.4 Å². The minimum absolute atomic E-state index is 0.0676. The summed E-state index contributed by atoms with van der Waals surface area (Å²) in [4.78, 5) is 8.72. The minimum atomic E-state index is -0.348. The molecule has 0 saturated carbocycles. The van der Waals surface area contributed by atoms with E-state index in [2.05, 4.69) is 20.4 Å². The largest absolute Gasteiger partial charge is 0.392 e. The van der Waals surface area contributed by atoms with Crippen LogP contribution in [0.1, 0.15) is 29.5 Å². The van der Waals surface area contributed by atoms with Gasteiger partial charge in [-0.05, 0) is 31.4 Å². The van der Waals surface area contributed by atoms with Gasteiger partial charge in [-0.25, -0.2) is 0 Å². The van der Waals surface area contributed by atoms with Crippen molar-refractivity contribution in [3.63, 3.8) is 0 Å². The number of nitrogens with one attached hydrogen (secondary N) is 1. The molecule has 3 heterocycles. The molecule has 0 bridgehead atoms. The monoisotopic (exact) mass is 260 g/mol. The molecule has 1 unspecified atom stereocenters. The van der Waals surface area contributed by atoms with Crippen LogP contribution in [0.15, 0.2) is 16.8 Å². The van der Waals surface area contributed by atoms with E-state index < -0.39 is 0 Å². The number of nitrogens with zero attached hydrogens (tertiary/aromatic N) is 3. The van der Waals surface area contributed by atoms with Crippen LogP contribution >= 0.6 is 0 Å². The Hall–Kier alpha value is -1.79. The van der Waals surface area contributed by atoms with Crippen molar-refractivity contribution >= 4 is 0 Å². The summed E-state index contributed by atoms with van der Waals surface area (Å²) in [5.41, 5.74) is 2.86. The van der Waals surface area contributed by atoms with Crippen LogP contribution in [-0.4, -0.2) is 32.9 Å². The van der Waals surface area contributed by atoms with Gasteiger partial charge in [0.15, 0.2) is 0 Å². The average Bonchev–Trinajstić information content (AvgIpc) is 2.97. The van der Waals surface area contributed by atoms with E-state index in [0.29, 0.717) is 24.7 Å². The van der Waals surface area contributed by atoms with E-state index in [1.807, 2.05) is 19.9 Å². The first-order valence-electron chi connectivity index (χ1n) is 6.32. The number of aliphatic hydroxyl groups is 1. The highest BCUT2D eigenvalue weighted by Gasteiger charge is 2.28. The Morgan fingerprint density at radius 3 is 2.95 bits per heavy atom. The number of rotatable bonds is 2. The highest BCUT2D eigenvalue weighted by Crippen LogP contribution is 2.25. The van der Waals surface area contributed by atoms with E-state index in [1.165, 1.54) is 0 Å². The summed E-state index contributed by atoms with van der Waals surface area (Å²) in [6.07, 6.45) is 2.04. The van der Waals surface area contributed by atoms with Crippen LogP contribution in [-0.2, 0) is 0 Å². The van der Waals surface area contributed by atoms with E-state index >= 15 is 0 Å². The summed E-state index contributed by atoms with van der Waals surface area (Å²) < 4.78 is 5.26. The molecule has 0 aromatic carbocycles. The lowest BCUT2D eigenvalue weighted by molar-refractivity contribution is 0.191. The van der Waals surface area contributed by atoms with Crippen molar-refractivity contribution in [2.24, 2.45) is 0 Å². The quantitative estimate of drug-likeness (QED) is 0.842. The fourth-order valence-corrected chi connectivity index (χ4v) is 2.33. The maximum absolute atomic E-state index is 9.49. The van der Waals surface area contributed by atoms with Crippen molar-refractivity contribution in [2.75, 3.05) is 6.54 Å². The molecule has 1 aliphatic rings. The lowest BCUT2D eigenvalue weighted by Gasteiger charge is -2.02. The van der Waals surface area contributed by atoms with Gasteiger partial charge in [0, 0.05) is 12.7 Å². The number of β-amino-alcohol motifs (C(OH)–C–C–N with tert-alkyl or cyclic N) is 1. The molecule has 2 atom stereocenters. The van der Waals surface area contributed by atoms with E-state index in [1.54, 1.807) is 6.20 Å². The van der Waals surface area contributed by atoms with Gasteiger partial charge in [0.1, 0.15) is 5.69 Å². The molecule has 0 amide bonds. The lowest BCUT2D eigenvalue weighted by Crippen LogP contribution is -2.15. The number of aryl methyl sites for hydroxylation is 2. The molecule has 0 radical (unpaired) electrons. The molecule has 6 heteroatoms. The smallest absolute Gasteiger partial charge is 0.244 e. The molecule has 2 aromatic heterocycles. The molecule has 1 aliphatic heterocycles. The lowest BCUT2D eigenvalue weighted by atomic mass is 10.1. The normalized spacial score (nSPS) is 22.9. The maximum atomic E-state index is 9.49. The summed E-state index contributed by atoms with van der Waals surface area (Å²) in [6.45, 7) is 4.53. The standard InChI is InChI=1S/C13H16N4O2/c1-7-3-8(2)11(15-5-7)12-16-13(19-17-12)10-4-9(18)6-14-10/h3,5,9-10,14,18H,4,6H2,1-2H3/t9?,10-/m0/s1. The van der Waals surface area contributed by atoms with Gasteiger partial charge in [0.25, 0.3) is 0 Å². The number of aromatic nitrogens is 3. The number of pyridine rings is 1. The van der Waals surface area contributed by atoms with Crippen LogP contribution in [0.4, 0.5) is 0 Å². The molecule has 2 N–H and O–H groups in total. The Bertz CT molecular complexity index is 596. The molecule has 1 saturated heterocycles. The van der Waals surface area contributed by atoms with Crippen LogP contribution < -0.4 is 5.32 Å². The van der Waals surface area contributed by atoms with Crippen molar-refractivity contribution in [3.8, 4) is 11.5 Å². The summed E-state index contributed by atoms with van der Waals surface area (Å²) in [5.74, 6) is 1.00. The van der Waals surface area contributed by atoms with Crippen molar-refractivity contribution in [2.45, 2.75) is 32.4 Å². The van der Waals surface area contributed by atoms with Crippen LogP contribution in [0.5, 0.6) is 0 Å². The molecular weight excluding hydrogens is 244 g/mol. The summed E-state index contributed by atoms with van der Waals surface area (Å²) in [6, 6.07) is 1.97. The maximum Gasteiger partial charge on any atom is 0.244 e. The molecule has 6 nitrogen and oxygen atoms in total. The molecule has 100 valence electrons. The zero-order valence-electron chi connectivity index (χ0n) is 10.9. The topological polar surface area (TPSA) is 84.1 Å². The first-order valence-corrected chi connectivity index (χ1v) is 6.32. The molecule has 19 heavy (non-hydrogen) atoms. The van der Waals surface area contributed by atoms with E-state index in [9.17, 15) is 5.11 Å². The molecular formula is C13H16N4O2. The van der Waals surface area contributed by atoms with Crippen LogP contribution in [0.2, 0.25) is 0 Å². The van der Waals surface area contributed by atoms with E-state index in [-0.39, 0.29) is 12.1 Å². The van der Waals surface area contributed by atoms with E-state index in [4.69, 9.17) is 4.52 Å². The van der Waals surface area contributed by atoms with Gasteiger partial charge >= 0.3 is 0 Å². The molecule has 0 aliphatic carbocycles.